The summed E-state index contributed by atoms with van der Waals surface area (Å²) in [6.45, 7) is 1.99. The Morgan fingerprint density at radius 3 is 3.00 bits per heavy atom. The number of fused-ring (bicyclic) bond motifs is 1. The van der Waals surface area contributed by atoms with Crippen molar-refractivity contribution in [2.45, 2.75) is 6.92 Å². The fourth-order valence-corrected chi connectivity index (χ4v) is 1.63. The molecule has 3 N–H and O–H groups in total. The van der Waals surface area contributed by atoms with Crippen molar-refractivity contribution in [1.29, 1.82) is 0 Å². The SMILES string of the molecule is Cc1c(N)cc(Cl)c2[nH]ccc12. The van der Waals surface area contributed by atoms with Crippen LogP contribution in [0.2, 0.25) is 5.02 Å². The molecule has 62 valence electrons. The van der Waals surface area contributed by atoms with Gasteiger partial charge in [-0.3, -0.25) is 0 Å². The lowest BCUT2D eigenvalue weighted by Crippen LogP contribution is -1.89. The zero-order valence-corrected chi connectivity index (χ0v) is 7.44. The van der Waals surface area contributed by atoms with Gasteiger partial charge in [0.05, 0.1) is 10.5 Å². The number of benzene rings is 1. The van der Waals surface area contributed by atoms with Crippen LogP contribution in [0.4, 0.5) is 5.69 Å². The molecule has 2 aromatic rings. The molecule has 0 saturated carbocycles. The lowest BCUT2D eigenvalue weighted by atomic mass is 10.1. The predicted molar refractivity (Wildman–Crippen MR) is 52.5 cm³/mol. The van der Waals surface area contributed by atoms with Gasteiger partial charge in [-0.15, -0.1) is 0 Å². The Morgan fingerprint density at radius 2 is 2.25 bits per heavy atom. The maximum atomic E-state index is 5.96. The Labute approximate surface area is 75.3 Å². The Kier molecular flexibility index (Phi) is 1.51. The van der Waals surface area contributed by atoms with E-state index in [1.807, 2.05) is 19.2 Å². The standard InChI is InChI=1S/C9H9ClN2/c1-5-6-2-3-12-9(6)7(10)4-8(5)11/h2-4,12H,11H2,1H3. The fourth-order valence-electron chi connectivity index (χ4n) is 1.35. The highest BCUT2D eigenvalue weighted by molar-refractivity contribution is 6.35. The normalized spacial score (nSPS) is 10.8. The van der Waals surface area contributed by atoms with E-state index in [-0.39, 0.29) is 0 Å². The summed E-state index contributed by atoms with van der Waals surface area (Å²) in [4.78, 5) is 3.07. The molecule has 0 aliphatic carbocycles. The van der Waals surface area contributed by atoms with Crippen molar-refractivity contribution in [3.05, 3.63) is 28.9 Å². The molecule has 1 aromatic heterocycles. The van der Waals surface area contributed by atoms with Crippen molar-refractivity contribution >= 4 is 28.2 Å². The van der Waals surface area contributed by atoms with Crippen molar-refractivity contribution in [1.82, 2.24) is 4.98 Å². The Balaban J connectivity index is 2.97. The number of aromatic nitrogens is 1. The number of rotatable bonds is 0. The van der Waals surface area contributed by atoms with Crippen molar-refractivity contribution in [2.75, 3.05) is 5.73 Å². The summed E-state index contributed by atoms with van der Waals surface area (Å²) >= 11 is 5.96. The first-order valence-electron chi connectivity index (χ1n) is 3.72. The van der Waals surface area contributed by atoms with E-state index in [9.17, 15) is 0 Å². The smallest absolute Gasteiger partial charge is 0.0667 e. The van der Waals surface area contributed by atoms with Gasteiger partial charge in [-0.05, 0) is 24.6 Å². The van der Waals surface area contributed by atoms with E-state index in [4.69, 9.17) is 17.3 Å². The van der Waals surface area contributed by atoms with E-state index in [1.54, 1.807) is 6.07 Å². The second-order valence-corrected chi connectivity index (χ2v) is 3.25. The average molecular weight is 181 g/mol. The number of hydrogen-bond donors (Lipinski definition) is 2. The summed E-state index contributed by atoms with van der Waals surface area (Å²) in [5, 5.41) is 1.78. The quantitative estimate of drug-likeness (QED) is 0.602. The van der Waals surface area contributed by atoms with E-state index in [0.717, 1.165) is 22.2 Å². The zero-order chi connectivity index (χ0) is 8.72. The molecule has 0 atom stereocenters. The summed E-state index contributed by atoms with van der Waals surface area (Å²) in [6, 6.07) is 3.75. The van der Waals surface area contributed by atoms with Crippen LogP contribution in [0.5, 0.6) is 0 Å². The van der Waals surface area contributed by atoms with Gasteiger partial charge < -0.3 is 10.7 Å². The van der Waals surface area contributed by atoms with Crippen LogP contribution < -0.4 is 5.73 Å². The molecule has 2 rings (SSSR count). The third-order valence-corrected chi connectivity index (χ3v) is 2.40. The first kappa shape index (κ1) is 7.50. The monoisotopic (exact) mass is 180 g/mol. The maximum absolute atomic E-state index is 5.96. The number of nitrogen functional groups attached to an aromatic ring is 1. The number of anilines is 1. The van der Waals surface area contributed by atoms with Crippen LogP contribution in [0, 0.1) is 6.92 Å². The number of hydrogen-bond acceptors (Lipinski definition) is 1. The highest BCUT2D eigenvalue weighted by atomic mass is 35.5. The minimum atomic E-state index is 0.679. The van der Waals surface area contributed by atoms with Gasteiger partial charge in [-0.25, -0.2) is 0 Å². The van der Waals surface area contributed by atoms with Gasteiger partial charge in [-0.2, -0.15) is 0 Å². The molecular weight excluding hydrogens is 172 g/mol. The zero-order valence-electron chi connectivity index (χ0n) is 6.69. The molecule has 0 amide bonds. The average Bonchev–Trinajstić information content (AvgIpc) is 2.48. The number of aryl methyl sites for hydroxylation is 1. The topological polar surface area (TPSA) is 41.8 Å². The highest BCUT2D eigenvalue weighted by Gasteiger charge is 2.05. The first-order valence-corrected chi connectivity index (χ1v) is 4.09. The molecule has 0 aliphatic rings. The van der Waals surface area contributed by atoms with Crippen LogP contribution in [0.15, 0.2) is 18.3 Å². The van der Waals surface area contributed by atoms with E-state index >= 15 is 0 Å². The molecule has 0 aliphatic heterocycles. The summed E-state index contributed by atoms with van der Waals surface area (Å²) in [6.07, 6.45) is 1.86. The summed E-state index contributed by atoms with van der Waals surface area (Å²) in [7, 11) is 0. The molecule has 2 nitrogen and oxygen atoms in total. The van der Waals surface area contributed by atoms with Crippen LogP contribution in [-0.4, -0.2) is 4.98 Å². The van der Waals surface area contributed by atoms with Crippen LogP contribution in [0.25, 0.3) is 10.9 Å². The first-order chi connectivity index (χ1) is 5.70. The Hall–Kier alpha value is -1.15. The van der Waals surface area contributed by atoms with Crippen molar-refractivity contribution in [3.63, 3.8) is 0 Å². The summed E-state index contributed by atoms with van der Waals surface area (Å²) in [5.41, 5.74) is 8.53. The lowest BCUT2D eigenvalue weighted by molar-refractivity contribution is 1.47. The third kappa shape index (κ3) is 0.883. The van der Waals surface area contributed by atoms with Crippen LogP contribution >= 0.6 is 11.6 Å². The number of halogens is 1. The molecule has 0 saturated heterocycles. The van der Waals surface area contributed by atoms with Gasteiger partial charge in [0, 0.05) is 17.3 Å². The number of nitrogens with two attached hydrogens (primary N) is 1. The van der Waals surface area contributed by atoms with E-state index in [0.29, 0.717) is 5.02 Å². The maximum Gasteiger partial charge on any atom is 0.0667 e. The van der Waals surface area contributed by atoms with Gasteiger partial charge in [0.1, 0.15) is 0 Å². The van der Waals surface area contributed by atoms with Crippen molar-refractivity contribution < 1.29 is 0 Å². The molecule has 0 bridgehead atoms. The molecule has 0 unspecified atom stereocenters. The van der Waals surface area contributed by atoms with E-state index in [2.05, 4.69) is 4.98 Å². The van der Waals surface area contributed by atoms with Gasteiger partial charge in [-0.1, -0.05) is 11.6 Å². The number of aromatic amines is 1. The van der Waals surface area contributed by atoms with Crippen molar-refractivity contribution in [2.24, 2.45) is 0 Å². The second kappa shape index (κ2) is 2.42. The molecule has 0 fully saturated rings. The predicted octanol–water partition coefficient (Wildman–Crippen LogP) is 2.71. The number of H-pyrrole nitrogens is 1. The second-order valence-electron chi connectivity index (χ2n) is 2.84. The molecular formula is C9H9ClN2. The minimum Gasteiger partial charge on any atom is -0.398 e. The van der Waals surface area contributed by atoms with Gasteiger partial charge in [0.15, 0.2) is 0 Å². The van der Waals surface area contributed by atoms with Crippen LogP contribution in [0.3, 0.4) is 0 Å². The molecule has 0 spiro atoms. The number of nitrogens with one attached hydrogen (secondary N) is 1. The van der Waals surface area contributed by atoms with Gasteiger partial charge in [0.25, 0.3) is 0 Å². The molecule has 1 heterocycles. The Morgan fingerprint density at radius 1 is 1.50 bits per heavy atom. The van der Waals surface area contributed by atoms with E-state index in [1.165, 1.54) is 0 Å². The largest absolute Gasteiger partial charge is 0.398 e. The lowest BCUT2D eigenvalue weighted by Gasteiger charge is -2.02. The molecule has 0 radical (unpaired) electrons. The molecule has 12 heavy (non-hydrogen) atoms. The fraction of sp³-hybridized carbons (Fsp3) is 0.111. The molecule has 1 aromatic carbocycles. The highest BCUT2D eigenvalue weighted by Crippen LogP contribution is 2.29. The summed E-state index contributed by atoms with van der Waals surface area (Å²) in [5.74, 6) is 0. The summed E-state index contributed by atoms with van der Waals surface area (Å²) < 4.78 is 0. The third-order valence-electron chi connectivity index (χ3n) is 2.11. The van der Waals surface area contributed by atoms with Crippen LogP contribution in [-0.2, 0) is 0 Å². The van der Waals surface area contributed by atoms with Crippen LogP contribution in [0.1, 0.15) is 5.56 Å². The minimum absolute atomic E-state index is 0.679. The Bertz CT molecular complexity index is 431. The van der Waals surface area contributed by atoms with Gasteiger partial charge in [0.2, 0.25) is 0 Å². The molecule has 3 heteroatoms. The van der Waals surface area contributed by atoms with Gasteiger partial charge >= 0.3 is 0 Å². The van der Waals surface area contributed by atoms with E-state index < -0.39 is 0 Å². The van der Waals surface area contributed by atoms with Crippen molar-refractivity contribution in [3.8, 4) is 0 Å².